The van der Waals surface area contributed by atoms with Crippen LogP contribution in [-0.4, -0.2) is 6.15 Å². The van der Waals surface area contributed by atoms with Crippen LogP contribution < -0.4 is 26.4 Å². The minimum Gasteiger partial charge on any atom is -0.207 e. The van der Waals surface area contributed by atoms with Gasteiger partial charge in [-0.25, -0.2) is 87.8 Å². The number of halogens is 20. The third kappa shape index (κ3) is 8.04. The standard InChI is InChI=1S/C24BF20.C22H17N2S/c26-5-1(6(27)14(35)21(42)13(5)34)25(2-7(28)15(36)22(43)16(37)8(2)29,3-9(30)17(38)23(44)18(39)10(3)31)4-11(32)19(40)24(45)20(41)12(4)33;23-15-18-12-10-17(11-13-18)14-22-24(16-19-6-2-1-3-7-19)20-8-4-5-9-21(20)25-22/h;1-13H,14,16H2/q-1;+1. The highest BCUT2D eigenvalue weighted by Crippen LogP contribution is 2.31. The molecule has 0 aliphatic heterocycles. The Kier molecular flexibility index (Phi) is 13.8. The summed E-state index contributed by atoms with van der Waals surface area (Å²) in [4.78, 5) is 0. The molecule has 0 unspecified atom stereocenters. The quantitative estimate of drug-likeness (QED) is 0.0490. The lowest BCUT2D eigenvalue weighted by molar-refractivity contribution is -0.665. The van der Waals surface area contributed by atoms with Gasteiger partial charge in [-0.05, 0) is 23.8 Å². The van der Waals surface area contributed by atoms with Crippen LogP contribution in [0, 0.1) is 128 Å². The molecule has 8 aromatic rings. The summed E-state index contributed by atoms with van der Waals surface area (Å²) in [6, 6.07) is 29.2. The average molecular weight is 1020 g/mol. The number of fused-ring (bicyclic) bond motifs is 1. The molecule has 0 aliphatic carbocycles. The van der Waals surface area contributed by atoms with Crippen LogP contribution in [0.5, 0.6) is 0 Å². The van der Waals surface area contributed by atoms with Gasteiger partial charge in [0, 0.05) is 11.6 Å². The summed E-state index contributed by atoms with van der Waals surface area (Å²) in [5.41, 5.74) is -9.81. The highest BCUT2D eigenvalue weighted by Gasteiger charge is 2.52. The molecule has 0 radical (unpaired) electrons. The van der Waals surface area contributed by atoms with Crippen molar-refractivity contribution in [3.63, 3.8) is 0 Å². The second-order valence-corrected chi connectivity index (χ2v) is 15.9. The van der Waals surface area contributed by atoms with Crippen LogP contribution in [0.1, 0.15) is 21.7 Å². The minimum absolute atomic E-state index is 0.706. The van der Waals surface area contributed by atoms with E-state index >= 15 is 35.1 Å². The van der Waals surface area contributed by atoms with Crippen molar-refractivity contribution in [3.8, 4) is 6.07 Å². The summed E-state index contributed by atoms with van der Waals surface area (Å²) in [6.07, 6.45) is -6.34. The lowest BCUT2D eigenvalue weighted by Crippen LogP contribution is -2.81. The molecule has 7 aromatic carbocycles. The zero-order valence-corrected chi connectivity index (χ0v) is 34.7. The molecule has 1 heterocycles. The monoisotopic (exact) mass is 1020 g/mol. The normalized spacial score (nSPS) is 11.5. The number of hydrogen-bond donors (Lipinski definition) is 0. The first kappa shape index (κ1) is 50.5. The Bertz CT molecular complexity index is 3070. The van der Waals surface area contributed by atoms with Gasteiger partial charge in [0.25, 0.3) is 0 Å². The van der Waals surface area contributed by atoms with Crippen LogP contribution in [0.15, 0.2) is 78.9 Å². The molecule has 0 atom stereocenters. The average Bonchev–Trinajstić information content (AvgIpc) is 3.70. The number of nitrogens with zero attached hydrogens (tertiary/aromatic N) is 2. The number of aromatic nitrogens is 1. The lowest BCUT2D eigenvalue weighted by atomic mass is 9.12. The van der Waals surface area contributed by atoms with E-state index in [-0.39, 0.29) is 0 Å². The van der Waals surface area contributed by atoms with Gasteiger partial charge in [-0.1, -0.05) is 65.9 Å². The second kappa shape index (κ2) is 19.2. The van der Waals surface area contributed by atoms with Gasteiger partial charge >= 0.3 is 0 Å². The Hall–Kier alpha value is -7.42. The predicted molar refractivity (Wildman–Crippen MR) is 211 cm³/mol. The Balaban J connectivity index is 0.000000242. The Morgan fingerprint density at radius 1 is 0.371 bits per heavy atom. The fraction of sp³-hybridized carbons (Fsp3) is 0.0435. The fourth-order valence-electron chi connectivity index (χ4n) is 7.90. The van der Waals surface area contributed by atoms with Crippen molar-refractivity contribution in [1.82, 2.24) is 0 Å². The zero-order valence-electron chi connectivity index (χ0n) is 33.9. The molecule has 1 aromatic heterocycles. The third-order valence-electron chi connectivity index (χ3n) is 11.0. The maximum Gasteiger partial charge on any atom is 0.243 e. The molecule has 0 aliphatic rings. The topological polar surface area (TPSA) is 27.7 Å². The van der Waals surface area contributed by atoms with Crippen molar-refractivity contribution in [3.05, 3.63) is 217 Å². The number of para-hydroxylation sites is 1. The van der Waals surface area contributed by atoms with Crippen LogP contribution >= 0.6 is 11.3 Å². The number of thiazole rings is 1. The zero-order chi connectivity index (χ0) is 51.4. The van der Waals surface area contributed by atoms with E-state index in [1.165, 1.54) is 26.4 Å². The molecule has 0 bridgehead atoms. The van der Waals surface area contributed by atoms with Gasteiger partial charge in [0.05, 0.1) is 18.1 Å². The number of benzene rings is 7. The highest BCUT2D eigenvalue weighted by atomic mass is 32.1. The van der Waals surface area contributed by atoms with Gasteiger partial charge in [-0.3, -0.25) is 0 Å². The number of rotatable bonds is 8. The SMILES string of the molecule is Fc1c(F)c(F)c([B-](c2c(F)c(F)c(F)c(F)c2F)(c2c(F)c(F)c(F)c(F)c2F)c2c(F)c(F)c(F)c(F)c2F)c(F)c1F.N#Cc1ccc(Cc2sc3ccccc3[n+]2Cc2ccccc2)cc1. The molecule has 24 heteroatoms. The van der Waals surface area contributed by atoms with E-state index in [0.717, 1.165) is 13.0 Å². The van der Waals surface area contributed by atoms with Crippen LogP contribution in [0.25, 0.3) is 10.2 Å². The van der Waals surface area contributed by atoms with Gasteiger partial charge in [-0.15, -0.1) is 21.9 Å². The Morgan fingerprint density at radius 2 is 0.686 bits per heavy atom. The molecule has 0 spiro atoms. The van der Waals surface area contributed by atoms with Gasteiger partial charge in [0.15, 0.2) is 76.4 Å². The number of hydrogen-bond acceptors (Lipinski definition) is 2. The largest absolute Gasteiger partial charge is 0.243 e. The minimum atomic E-state index is -7.22. The van der Waals surface area contributed by atoms with Crippen molar-refractivity contribution >= 4 is 49.6 Å². The van der Waals surface area contributed by atoms with Gasteiger partial charge in [0.1, 0.15) is 57.4 Å². The summed E-state index contributed by atoms with van der Waals surface area (Å²) in [7, 11) is 0. The molecule has 0 saturated carbocycles. The van der Waals surface area contributed by atoms with E-state index < -0.39 is 144 Å². The predicted octanol–water partition coefficient (Wildman–Crippen LogP) is 10.5. The summed E-state index contributed by atoms with van der Waals surface area (Å²) in [5.74, 6) is -71.4. The van der Waals surface area contributed by atoms with Gasteiger partial charge in [0.2, 0.25) is 10.5 Å². The highest BCUT2D eigenvalue weighted by molar-refractivity contribution is 7.20. The lowest BCUT2D eigenvalue weighted by Gasteiger charge is -2.44. The van der Waals surface area contributed by atoms with Crippen molar-refractivity contribution in [2.45, 2.75) is 13.0 Å². The Labute approximate surface area is 382 Å². The van der Waals surface area contributed by atoms with E-state index in [1.807, 2.05) is 23.5 Å². The smallest absolute Gasteiger partial charge is 0.207 e. The molecular formula is C46H17BF20N2S. The number of nitriles is 1. The first-order chi connectivity index (χ1) is 33.0. The first-order valence-electron chi connectivity index (χ1n) is 19.2. The molecule has 0 N–H and O–H groups in total. The summed E-state index contributed by atoms with van der Waals surface area (Å²) < 4.78 is 298. The summed E-state index contributed by atoms with van der Waals surface area (Å²) >= 11 is 1.85. The summed E-state index contributed by atoms with van der Waals surface area (Å²) in [6.45, 7) is 0.871. The van der Waals surface area contributed by atoms with Crippen molar-refractivity contribution in [1.29, 1.82) is 5.26 Å². The van der Waals surface area contributed by atoms with Crippen molar-refractivity contribution in [2.24, 2.45) is 0 Å². The fourth-order valence-corrected chi connectivity index (χ4v) is 9.09. The molecule has 8 rings (SSSR count). The maximum absolute atomic E-state index is 15.4. The molecule has 2 nitrogen and oxygen atoms in total. The Morgan fingerprint density at radius 3 is 1.03 bits per heavy atom. The molecule has 0 amide bonds. The molecular weight excluding hydrogens is 1000 g/mol. The maximum atomic E-state index is 15.4. The van der Waals surface area contributed by atoms with Crippen molar-refractivity contribution in [2.75, 3.05) is 0 Å². The van der Waals surface area contributed by atoms with Crippen LogP contribution in [-0.2, 0) is 13.0 Å². The van der Waals surface area contributed by atoms with Gasteiger partial charge < -0.3 is 0 Å². The third-order valence-corrected chi connectivity index (χ3v) is 12.2. The van der Waals surface area contributed by atoms with E-state index in [1.54, 1.807) is 0 Å². The van der Waals surface area contributed by atoms with Crippen molar-refractivity contribution < 1.29 is 92.4 Å². The van der Waals surface area contributed by atoms with Crippen LogP contribution in [0.3, 0.4) is 0 Å². The molecule has 360 valence electrons. The van der Waals surface area contributed by atoms with E-state index in [0.29, 0.717) is 5.56 Å². The first-order valence-corrected chi connectivity index (χ1v) is 20.0. The van der Waals surface area contributed by atoms with E-state index in [9.17, 15) is 52.7 Å². The molecule has 70 heavy (non-hydrogen) atoms. The summed E-state index contributed by atoms with van der Waals surface area (Å²) in [5, 5.41) is 10.3. The van der Waals surface area contributed by atoms with E-state index in [4.69, 9.17) is 5.26 Å². The van der Waals surface area contributed by atoms with Gasteiger partial charge in [-0.2, -0.15) is 9.83 Å². The second-order valence-electron chi connectivity index (χ2n) is 14.8. The molecule has 0 saturated heterocycles. The van der Waals surface area contributed by atoms with Crippen LogP contribution in [0.4, 0.5) is 87.8 Å². The molecule has 0 fully saturated rings. The van der Waals surface area contributed by atoms with E-state index in [2.05, 4.69) is 77.4 Å². The van der Waals surface area contributed by atoms with Crippen LogP contribution in [0.2, 0.25) is 0 Å².